The molecule has 0 aliphatic carbocycles. The van der Waals surface area contributed by atoms with E-state index in [0.717, 1.165) is 16.7 Å². The first-order valence-electron chi connectivity index (χ1n) is 7.92. The number of hydrogen-bond acceptors (Lipinski definition) is 6. The number of para-hydroxylation sites is 1. The molecule has 0 spiro atoms. The Morgan fingerprint density at radius 1 is 1.19 bits per heavy atom. The second kappa shape index (κ2) is 8.28. The molecule has 1 aliphatic heterocycles. The van der Waals surface area contributed by atoms with E-state index in [1.807, 2.05) is 0 Å². The van der Waals surface area contributed by atoms with E-state index in [2.05, 4.69) is 5.32 Å². The predicted octanol–water partition coefficient (Wildman–Crippen LogP) is 4.23. The molecule has 3 rings (SSSR count). The Labute approximate surface area is 165 Å². The van der Waals surface area contributed by atoms with E-state index in [1.54, 1.807) is 54.6 Å². The zero-order valence-corrected chi connectivity index (χ0v) is 15.8. The van der Waals surface area contributed by atoms with Gasteiger partial charge in [-0.2, -0.15) is 0 Å². The summed E-state index contributed by atoms with van der Waals surface area (Å²) in [5, 5.41) is 3.04. The normalized spacial score (nSPS) is 15.3. The van der Waals surface area contributed by atoms with E-state index in [9.17, 15) is 14.4 Å². The third kappa shape index (κ3) is 4.15. The average molecular weight is 403 g/mol. The van der Waals surface area contributed by atoms with Crippen molar-refractivity contribution in [2.45, 2.75) is 0 Å². The summed E-state index contributed by atoms with van der Waals surface area (Å²) < 4.78 is 4.73. The molecule has 1 N–H and O–H groups in total. The number of rotatable bonds is 5. The van der Waals surface area contributed by atoms with Gasteiger partial charge in [0.05, 0.1) is 29.9 Å². The van der Waals surface area contributed by atoms with Crippen LogP contribution in [0, 0.1) is 0 Å². The van der Waals surface area contributed by atoms with Crippen LogP contribution in [0.5, 0.6) is 0 Å². The number of halogens is 1. The predicted molar refractivity (Wildman–Crippen MR) is 106 cm³/mol. The molecule has 138 valence electrons. The van der Waals surface area contributed by atoms with Gasteiger partial charge in [-0.3, -0.25) is 14.5 Å². The van der Waals surface area contributed by atoms with Crippen molar-refractivity contribution >= 4 is 52.2 Å². The van der Waals surface area contributed by atoms with Crippen LogP contribution in [0.25, 0.3) is 6.08 Å². The molecule has 2 aromatic rings. The fourth-order valence-corrected chi connectivity index (χ4v) is 3.48. The lowest BCUT2D eigenvalue weighted by molar-refractivity contribution is -0.122. The summed E-state index contributed by atoms with van der Waals surface area (Å²) in [6, 6.07) is 13.8. The standard InChI is InChI=1S/C19H15ClN2O4S/c1-26-18(24)13-7-3-5-9-15(13)21-11-22-17(23)16(27-19(22)25)10-12-6-2-4-8-14(12)20/h2-10,21H,11H2,1H3/b16-10-. The summed E-state index contributed by atoms with van der Waals surface area (Å²) >= 11 is 6.95. The molecule has 0 unspecified atom stereocenters. The number of anilines is 1. The molecule has 0 aromatic heterocycles. The number of amides is 2. The van der Waals surface area contributed by atoms with Crippen LogP contribution in [0.4, 0.5) is 10.5 Å². The summed E-state index contributed by atoms with van der Waals surface area (Å²) in [5.74, 6) is -0.932. The van der Waals surface area contributed by atoms with Crippen LogP contribution in [0.3, 0.4) is 0 Å². The van der Waals surface area contributed by atoms with Gasteiger partial charge in [-0.25, -0.2) is 4.79 Å². The summed E-state index contributed by atoms with van der Waals surface area (Å²) in [7, 11) is 1.29. The minimum absolute atomic E-state index is 0.0709. The van der Waals surface area contributed by atoms with Crippen molar-refractivity contribution in [2.75, 3.05) is 19.1 Å². The number of thioether (sulfide) groups is 1. The van der Waals surface area contributed by atoms with E-state index >= 15 is 0 Å². The first-order valence-corrected chi connectivity index (χ1v) is 9.12. The molecule has 0 saturated carbocycles. The van der Waals surface area contributed by atoms with Crippen molar-refractivity contribution in [1.82, 2.24) is 4.90 Å². The largest absolute Gasteiger partial charge is 0.465 e. The van der Waals surface area contributed by atoms with Gasteiger partial charge in [0.25, 0.3) is 11.1 Å². The lowest BCUT2D eigenvalue weighted by atomic mass is 10.2. The third-order valence-corrected chi connectivity index (χ3v) is 5.08. The zero-order valence-electron chi connectivity index (χ0n) is 14.3. The molecule has 6 nitrogen and oxygen atoms in total. The van der Waals surface area contributed by atoms with Crippen molar-refractivity contribution in [3.8, 4) is 0 Å². The average Bonchev–Trinajstić information content (AvgIpc) is 2.94. The van der Waals surface area contributed by atoms with E-state index in [0.29, 0.717) is 21.8 Å². The van der Waals surface area contributed by atoms with Gasteiger partial charge in [0.1, 0.15) is 0 Å². The maximum Gasteiger partial charge on any atom is 0.339 e. The Kier molecular flexibility index (Phi) is 5.83. The van der Waals surface area contributed by atoms with Gasteiger partial charge in [0.2, 0.25) is 0 Å². The Hall–Kier alpha value is -2.77. The van der Waals surface area contributed by atoms with Crippen molar-refractivity contribution in [3.63, 3.8) is 0 Å². The topological polar surface area (TPSA) is 75.7 Å². The number of carbonyl (C=O) groups excluding carboxylic acids is 3. The summed E-state index contributed by atoms with van der Waals surface area (Å²) in [4.78, 5) is 38.0. The molecule has 1 aliphatic rings. The van der Waals surface area contributed by atoms with E-state index in [1.165, 1.54) is 7.11 Å². The second-order valence-electron chi connectivity index (χ2n) is 5.50. The van der Waals surface area contributed by atoms with Crippen LogP contribution in [0.1, 0.15) is 15.9 Å². The van der Waals surface area contributed by atoms with Gasteiger partial charge in [0, 0.05) is 5.02 Å². The van der Waals surface area contributed by atoms with E-state index < -0.39 is 17.1 Å². The first-order chi connectivity index (χ1) is 13.0. The quantitative estimate of drug-likeness (QED) is 0.595. The molecule has 0 atom stereocenters. The van der Waals surface area contributed by atoms with Crippen LogP contribution in [0.15, 0.2) is 53.4 Å². The van der Waals surface area contributed by atoms with E-state index in [-0.39, 0.29) is 11.6 Å². The molecular formula is C19H15ClN2O4S. The van der Waals surface area contributed by atoms with Crippen LogP contribution in [-0.4, -0.2) is 35.8 Å². The number of imide groups is 1. The molecule has 2 amide bonds. The summed E-state index contributed by atoms with van der Waals surface area (Å²) in [5.41, 5.74) is 1.45. The molecule has 0 radical (unpaired) electrons. The SMILES string of the molecule is COC(=O)c1ccccc1NCN1C(=O)S/C(=C\c2ccccc2Cl)C1=O. The van der Waals surface area contributed by atoms with Crippen LogP contribution in [0.2, 0.25) is 5.02 Å². The Morgan fingerprint density at radius 2 is 1.89 bits per heavy atom. The van der Waals surface area contributed by atoms with Gasteiger partial charge in [-0.05, 0) is 41.6 Å². The highest BCUT2D eigenvalue weighted by Gasteiger charge is 2.35. The number of nitrogens with zero attached hydrogens (tertiary/aromatic N) is 1. The van der Waals surface area contributed by atoms with Crippen LogP contribution < -0.4 is 5.32 Å². The minimum Gasteiger partial charge on any atom is -0.465 e. The summed E-state index contributed by atoms with van der Waals surface area (Å²) in [6.45, 7) is -0.0709. The van der Waals surface area contributed by atoms with Gasteiger partial charge in [-0.15, -0.1) is 0 Å². The van der Waals surface area contributed by atoms with Gasteiger partial charge < -0.3 is 10.1 Å². The van der Waals surface area contributed by atoms with Crippen molar-refractivity contribution in [2.24, 2.45) is 0 Å². The maximum absolute atomic E-state index is 12.6. The Balaban J connectivity index is 1.76. The zero-order chi connectivity index (χ0) is 19.4. The Bertz CT molecular complexity index is 945. The van der Waals surface area contributed by atoms with Crippen LogP contribution in [-0.2, 0) is 9.53 Å². The smallest absolute Gasteiger partial charge is 0.339 e. The number of methoxy groups -OCH3 is 1. The van der Waals surface area contributed by atoms with Crippen molar-refractivity contribution in [3.05, 3.63) is 69.6 Å². The summed E-state index contributed by atoms with van der Waals surface area (Å²) in [6.07, 6.45) is 1.59. The van der Waals surface area contributed by atoms with Crippen molar-refractivity contribution < 1.29 is 19.1 Å². The van der Waals surface area contributed by atoms with Gasteiger partial charge >= 0.3 is 5.97 Å². The highest BCUT2D eigenvalue weighted by molar-refractivity contribution is 8.18. The van der Waals surface area contributed by atoms with Crippen LogP contribution >= 0.6 is 23.4 Å². The maximum atomic E-state index is 12.6. The third-order valence-electron chi connectivity index (χ3n) is 3.83. The highest BCUT2D eigenvalue weighted by Crippen LogP contribution is 2.33. The lowest BCUT2D eigenvalue weighted by Gasteiger charge is -2.16. The van der Waals surface area contributed by atoms with E-state index in [4.69, 9.17) is 16.3 Å². The molecule has 27 heavy (non-hydrogen) atoms. The number of nitrogens with one attached hydrogen (secondary N) is 1. The fraction of sp³-hybridized carbons (Fsp3) is 0.105. The molecule has 8 heteroatoms. The molecule has 1 heterocycles. The molecule has 1 saturated heterocycles. The second-order valence-corrected chi connectivity index (χ2v) is 6.90. The minimum atomic E-state index is -0.508. The first kappa shape index (κ1) is 19.0. The molecular weight excluding hydrogens is 388 g/mol. The van der Waals surface area contributed by atoms with Gasteiger partial charge in [0.15, 0.2) is 0 Å². The van der Waals surface area contributed by atoms with Gasteiger partial charge in [-0.1, -0.05) is 41.9 Å². The number of carbonyl (C=O) groups is 3. The lowest BCUT2D eigenvalue weighted by Crippen LogP contribution is -2.33. The number of esters is 1. The number of ether oxygens (including phenoxy) is 1. The highest BCUT2D eigenvalue weighted by atomic mass is 35.5. The number of benzene rings is 2. The molecule has 2 aromatic carbocycles. The molecule has 1 fully saturated rings. The Morgan fingerprint density at radius 3 is 2.63 bits per heavy atom. The monoisotopic (exact) mass is 402 g/mol. The fourth-order valence-electron chi connectivity index (χ4n) is 2.46. The van der Waals surface area contributed by atoms with Crippen molar-refractivity contribution in [1.29, 1.82) is 0 Å². The molecule has 0 bridgehead atoms. The number of hydrogen-bond donors (Lipinski definition) is 1.